The summed E-state index contributed by atoms with van der Waals surface area (Å²) >= 11 is 0. The molecular formula is C53H46F4N12O2. The van der Waals surface area contributed by atoms with E-state index in [4.69, 9.17) is 24.4 Å². The molecule has 0 radical (unpaired) electrons. The SMILES string of the molecule is Cn1cc(-c2ccn3c(-c4cc(NCC(C)(C)OCn5cc(-c6ccn7c(-c8cc(NC9CCOCC9)nc(-c9ccc(F)cc9F)c8)cnc7c6)cn5)nc(-c5ccc(F)cc5F)c4)cnc3c2)cn1. The Kier molecular flexibility index (Phi) is 11.8. The molecular weight excluding hydrogens is 913 g/mol. The average molecular weight is 959 g/mol. The Labute approximate surface area is 404 Å². The lowest BCUT2D eigenvalue weighted by atomic mass is 10.1. The lowest BCUT2D eigenvalue weighted by Crippen LogP contribution is -2.34. The topological polar surface area (TPSA) is 139 Å². The Morgan fingerprint density at radius 3 is 1.77 bits per heavy atom. The van der Waals surface area contributed by atoms with Crippen LogP contribution in [0.3, 0.4) is 0 Å². The van der Waals surface area contributed by atoms with Crippen LogP contribution in [0.5, 0.6) is 0 Å². The van der Waals surface area contributed by atoms with Crippen molar-refractivity contribution in [1.29, 1.82) is 0 Å². The number of benzene rings is 2. The molecule has 0 aliphatic carbocycles. The van der Waals surface area contributed by atoms with Crippen LogP contribution in [0.15, 0.2) is 135 Å². The molecule has 1 aliphatic heterocycles. The highest BCUT2D eigenvalue weighted by molar-refractivity contribution is 5.77. The van der Waals surface area contributed by atoms with Gasteiger partial charge in [-0.05, 0) is 111 Å². The van der Waals surface area contributed by atoms with E-state index in [9.17, 15) is 8.78 Å². The molecule has 1 aliphatic rings. The number of aromatic nitrogens is 10. The first-order valence-corrected chi connectivity index (χ1v) is 23.0. The smallest absolute Gasteiger partial charge is 0.140 e. The van der Waals surface area contributed by atoms with Crippen molar-refractivity contribution in [3.8, 4) is 67.3 Å². The van der Waals surface area contributed by atoms with Crippen LogP contribution in [0.1, 0.15) is 26.7 Å². The average Bonchev–Trinajstić information content (AvgIpc) is 4.20. The maximum absolute atomic E-state index is 15.3. The zero-order valence-corrected chi connectivity index (χ0v) is 38.8. The number of aryl methyl sites for hydroxylation is 1. The number of hydrogen-bond donors (Lipinski definition) is 2. The van der Waals surface area contributed by atoms with Gasteiger partial charge in [-0.15, -0.1) is 0 Å². The van der Waals surface area contributed by atoms with Gasteiger partial charge in [0.2, 0.25) is 0 Å². The van der Waals surface area contributed by atoms with E-state index in [1.807, 2.05) is 90.9 Å². The lowest BCUT2D eigenvalue weighted by Gasteiger charge is -2.26. The van der Waals surface area contributed by atoms with Gasteiger partial charge in [0, 0.05) is 103 Å². The maximum Gasteiger partial charge on any atom is 0.140 e. The molecule has 358 valence electrons. The molecule has 14 nitrogen and oxygen atoms in total. The Bertz CT molecular complexity index is 3590. The number of nitrogens with one attached hydrogen (secondary N) is 2. The van der Waals surface area contributed by atoms with Crippen LogP contribution in [0, 0.1) is 23.3 Å². The second-order valence-electron chi connectivity index (χ2n) is 18.2. The van der Waals surface area contributed by atoms with E-state index in [0.717, 1.165) is 64.2 Å². The molecule has 0 saturated carbocycles. The number of pyridine rings is 4. The van der Waals surface area contributed by atoms with Crippen LogP contribution in [-0.4, -0.2) is 79.7 Å². The Hall–Kier alpha value is -8.22. The second kappa shape index (κ2) is 18.6. The fraction of sp³-hybridized carbons (Fsp3) is 0.208. The van der Waals surface area contributed by atoms with Gasteiger partial charge in [-0.3, -0.25) is 13.5 Å². The molecule has 18 heteroatoms. The summed E-state index contributed by atoms with van der Waals surface area (Å²) in [6.45, 7) is 5.60. The fourth-order valence-electron chi connectivity index (χ4n) is 8.74. The maximum atomic E-state index is 15.3. The van der Waals surface area contributed by atoms with Crippen molar-refractivity contribution in [2.24, 2.45) is 7.05 Å². The third kappa shape index (κ3) is 9.58. The van der Waals surface area contributed by atoms with Crippen molar-refractivity contribution in [2.45, 2.75) is 45.1 Å². The molecule has 0 bridgehead atoms. The molecule has 0 atom stereocenters. The lowest BCUT2D eigenvalue weighted by molar-refractivity contribution is -0.0515. The van der Waals surface area contributed by atoms with Crippen LogP contribution in [-0.2, 0) is 23.3 Å². The summed E-state index contributed by atoms with van der Waals surface area (Å²) in [6.07, 6.45) is 16.4. The van der Waals surface area contributed by atoms with Gasteiger partial charge in [-0.1, -0.05) is 0 Å². The quantitative estimate of drug-likeness (QED) is 0.101. The molecule has 0 spiro atoms. The largest absolute Gasteiger partial charge is 0.381 e. The highest BCUT2D eigenvalue weighted by atomic mass is 19.1. The first kappa shape index (κ1) is 45.2. The molecule has 11 rings (SSSR count). The van der Waals surface area contributed by atoms with Crippen LogP contribution < -0.4 is 10.6 Å². The summed E-state index contributed by atoms with van der Waals surface area (Å²) in [6, 6.07) is 22.3. The minimum absolute atomic E-state index is 0.135. The molecule has 2 N–H and O–H groups in total. The van der Waals surface area contributed by atoms with Gasteiger partial charge in [0.1, 0.15) is 52.9 Å². The molecule has 9 heterocycles. The predicted octanol–water partition coefficient (Wildman–Crippen LogP) is 10.7. The molecule has 1 saturated heterocycles. The summed E-state index contributed by atoms with van der Waals surface area (Å²) < 4.78 is 77.6. The van der Waals surface area contributed by atoms with E-state index >= 15 is 8.78 Å². The molecule has 71 heavy (non-hydrogen) atoms. The first-order chi connectivity index (χ1) is 34.4. The van der Waals surface area contributed by atoms with Crippen LogP contribution in [0.2, 0.25) is 0 Å². The third-order valence-electron chi connectivity index (χ3n) is 12.5. The highest BCUT2D eigenvalue weighted by Crippen LogP contribution is 2.34. The fourth-order valence-corrected chi connectivity index (χ4v) is 8.74. The van der Waals surface area contributed by atoms with Gasteiger partial charge in [0.15, 0.2) is 0 Å². The van der Waals surface area contributed by atoms with Gasteiger partial charge in [0.25, 0.3) is 0 Å². The zero-order chi connectivity index (χ0) is 48.8. The van der Waals surface area contributed by atoms with E-state index in [0.29, 0.717) is 59.6 Å². The summed E-state index contributed by atoms with van der Waals surface area (Å²) in [5.41, 5.74) is 8.30. The van der Waals surface area contributed by atoms with Gasteiger partial charge in [0.05, 0.1) is 53.2 Å². The normalized spacial score (nSPS) is 13.4. The van der Waals surface area contributed by atoms with Crippen molar-refractivity contribution in [2.75, 3.05) is 30.4 Å². The minimum Gasteiger partial charge on any atom is -0.381 e. The van der Waals surface area contributed by atoms with Crippen LogP contribution >= 0.6 is 0 Å². The molecule has 1 fully saturated rings. The van der Waals surface area contributed by atoms with Gasteiger partial charge < -0.3 is 20.1 Å². The third-order valence-corrected chi connectivity index (χ3v) is 12.5. The summed E-state index contributed by atoms with van der Waals surface area (Å²) in [7, 11) is 1.87. The number of rotatable bonds is 14. The number of hydrogen-bond acceptors (Lipinski definition) is 10. The van der Waals surface area contributed by atoms with Crippen molar-refractivity contribution in [3.05, 3.63) is 158 Å². The van der Waals surface area contributed by atoms with E-state index in [2.05, 4.69) is 25.8 Å². The summed E-state index contributed by atoms with van der Waals surface area (Å²) in [4.78, 5) is 18.9. The zero-order valence-electron chi connectivity index (χ0n) is 38.8. The van der Waals surface area contributed by atoms with Gasteiger partial charge in [-0.2, -0.15) is 10.2 Å². The molecule has 10 aromatic rings. The van der Waals surface area contributed by atoms with Crippen molar-refractivity contribution >= 4 is 22.9 Å². The van der Waals surface area contributed by atoms with Crippen molar-refractivity contribution in [3.63, 3.8) is 0 Å². The van der Waals surface area contributed by atoms with E-state index in [-0.39, 0.29) is 23.9 Å². The van der Waals surface area contributed by atoms with Gasteiger partial charge in [-0.25, -0.2) is 42.2 Å². The van der Waals surface area contributed by atoms with Gasteiger partial charge >= 0.3 is 0 Å². The molecule has 2 aromatic carbocycles. The first-order valence-electron chi connectivity index (χ1n) is 23.0. The predicted molar refractivity (Wildman–Crippen MR) is 262 cm³/mol. The van der Waals surface area contributed by atoms with Crippen molar-refractivity contribution in [1.82, 2.24) is 48.3 Å². The Balaban J connectivity index is 0.801. The number of nitrogens with zero attached hydrogens (tertiary/aromatic N) is 10. The summed E-state index contributed by atoms with van der Waals surface area (Å²) in [5, 5.41) is 15.8. The van der Waals surface area contributed by atoms with Crippen LogP contribution in [0.4, 0.5) is 29.2 Å². The molecule has 0 amide bonds. The van der Waals surface area contributed by atoms with E-state index in [1.165, 1.54) is 24.3 Å². The molecule has 0 unspecified atom stereocenters. The number of ether oxygens (including phenoxy) is 2. The van der Waals surface area contributed by atoms with E-state index in [1.54, 1.807) is 46.3 Å². The van der Waals surface area contributed by atoms with Crippen molar-refractivity contribution < 1.29 is 27.0 Å². The number of anilines is 2. The monoisotopic (exact) mass is 958 g/mol. The number of fused-ring (bicyclic) bond motifs is 2. The van der Waals surface area contributed by atoms with E-state index < -0.39 is 28.9 Å². The number of imidazole rings is 2. The number of halogens is 4. The van der Waals surface area contributed by atoms with Crippen LogP contribution in [0.25, 0.3) is 78.6 Å². The summed E-state index contributed by atoms with van der Waals surface area (Å²) in [5.74, 6) is -1.75. The highest BCUT2D eigenvalue weighted by Gasteiger charge is 2.22. The minimum atomic E-state index is -0.738. The Morgan fingerprint density at radius 2 is 1.20 bits per heavy atom. The second-order valence-corrected chi connectivity index (χ2v) is 18.2. The standard InChI is InChI=1S/C53H46F4N12O2/c1-53(2,30-60-49-18-34(16-45(64-49)41-6-4-38(54)22-43(41)56)47-26-58-51-20-32(8-12-68(47)51)36-24-61-66(3)28-36)71-31-67-29-37(25-62-67)33-9-13-69-48(27-59-52(69)21-33)35-17-46(42-7-5-39(55)23-44(42)57)65-50(19-35)63-40-10-14-70-15-11-40/h4-9,12-13,16-29,40H,10-11,14-15,30-31H2,1-3H3,(H,60,64)(H,63,65). The molecule has 8 aromatic heterocycles. The Morgan fingerprint density at radius 1 is 0.634 bits per heavy atom.